The van der Waals surface area contributed by atoms with Gasteiger partial charge >= 0.3 is 0 Å². The summed E-state index contributed by atoms with van der Waals surface area (Å²) in [7, 11) is 0. The van der Waals surface area contributed by atoms with Gasteiger partial charge in [-0.05, 0) is 49.2 Å². The van der Waals surface area contributed by atoms with Gasteiger partial charge in [0.1, 0.15) is 6.04 Å². The van der Waals surface area contributed by atoms with E-state index >= 15 is 0 Å². The van der Waals surface area contributed by atoms with Crippen LogP contribution in [0, 0.1) is 0 Å². The number of benzene rings is 2. The van der Waals surface area contributed by atoms with Crippen molar-refractivity contribution in [2.75, 3.05) is 12.3 Å². The monoisotopic (exact) mass is 482 g/mol. The standard InChI is InChI=1S/C21H24BrClN2O2S/c1-3-24-21(27)15(2)25(12-16-7-9-18(22)10-8-16)20(26)14-28-13-17-5-4-6-19(23)11-17/h4-11,15H,3,12-14H2,1-2H3,(H,24,27)/t15-/m1/s1. The summed E-state index contributed by atoms with van der Waals surface area (Å²) in [6, 6.07) is 14.8. The Kier molecular flexibility index (Phi) is 9.35. The van der Waals surface area contributed by atoms with E-state index < -0.39 is 6.04 Å². The van der Waals surface area contributed by atoms with E-state index in [1.165, 1.54) is 11.8 Å². The lowest BCUT2D eigenvalue weighted by atomic mass is 10.1. The Balaban J connectivity index is 2.04. The molecule has 0 radical (unpaired) electrons. The highest BCUT2D eigenvalue weighted by Gasteiger charge is 2.25. The highest BCUT2D eigenvalue weighted by Crippen LogP contribution is 2.19. The first-order valence-corrected chi connectivity index (χ1v) is 11.4. The van der Waals surface area contributed by atoms with Crippen molar-refractivity contribution in [1.82, 2.24) is 10.2 Å². The van der Waals surface area contributed by atoms with E-state index in [9.17, 15) is 9.59 Å². The second kappa shape index (κ2) is 11.5. The molecule has 2 aromatic carbocycles. The molecular weight excluding hydrogens is 460 g/mol. The fraction of sp³-hybridized carbons (Fsp3) is 0.333. The van der Waals surface area contributed by atoms with Crippen LogP contribution >= 0.6 is 39.3 Å². The molecule has 0 saturated carbocycles. The third kappa shape index (κ3) is 7.15. The van der Waals surface area contributed by atoms with Crippen molar-refractivity contribution in [3.05, 3.63) is 69.2 Å². The number of carbonyl (C=O) groups is 2. The van der Waals surface area contributed by atoms with Gasteiger partial charge in [-0.25, -0.2) is 0 Å². The normalized spacial score (nSPS) is 11.7. The van der Waals surface area contributed by atoms with E-state index in [1.54, 1.807) is 11.8 Å². The first kappa shape index (κ1) is 22.8. The lowest BCUT2D eigenvalue weighted by Gasteiger charge is -2.28. The SMILES string of the molecule is CCNC(=O)[C@@H](C)N(Cc1ccc(Br)cc1)C(=O)CSCc1cccc(Cl)c1. The fourth-order valence-corrected chi connectivity index (χ4v) is 3.99. The number of rotatable bonds is 9. The molecule has 150 valence electrons. The Morgan fingerprint density at radius 3 is 2.54 bits per heavy atom. The number of thioether (sulfide) groups is 1. The van der Waals surface area contributed by atoms with Crippen LogP contribution in [0.2, 0.25) is 5.02 Å². The lowest BCUT2D eigenvalue weighted by molar-refractivity contribution is -0.138. The molecule has 1 N–H and O–H groups in total. The minimum absolute atomic E-state index is 0.0614. The van der Waals surface area contributed by atoms with E-state index in [0.717, 1.165) is 15.6 Å². The quantitative estimate of drug-likeness (QED) is 0.552. The molecule has 0 fully saturated rings. The van der Waals surface area contributed by atoms with E-state index in [2.05, 4.69) is 21.2 Å². The first-order valence-electron chi connectivity index (χ1n) is 9.04. The van der Waals surface area contributed by atoms with Crippen LogP contribution in [-0.4, -0.2) is 35.1 Å². The van der Waals surface area contributed by atoms with Gasteiger partial charge in [0, 0.05) is 28.3 Å². The number of nitrogens with zero attached hydrogens (tertiary/aromatic N) is 1. The zero-order valence-corrected chi connectivity index (χ0v) is 19.1. The van der Waals surface area contributed by atoms with Crippen molar-refractivity contribution in [1.29, 1.82) is 0 Å². The van der Waals surface area contributed by atoms with Crippen LogP contribution in [0.15, 0.2) is 53.0 Å². The van der Waals surface area contributed by atoms with Crippen molar-refractivity contribution in [2.45, 2.75) is 32.2 Å². The Labute approximate surface area is 184 Å². The van der Waals surface area contributed by atoms with Gasteiger partial charge < -0.3 is 10.2 Å². The van der Waals surface area contributed by atoms with Crippen molar-refractivity contribution in [3.63, 3.8) is 0 Å². The molecule has 0 spiro atoms. The second-order valence-corrected chi connectivity index (χ2v) is 8.68. The van der Waals surface area contributed by atoms with E-state index in [-0.39, 0.29) is 11.8 Å². The van der Waals surface area contributed by atoms with Gasteiger partial charge in [-0.3, -0.25) is 9.59 Å². The van der Waals surface area contributed by atoms with Gasteiger partial charge in [-0.15, -0.1) is 11.8 Å². The third-order valence-corrected chi connectivity index (χ3v) is 5.92. The summed E-state index contributed by atoms with van der Waals surface area (Å²) in [5.74, 6) is 0.780. The maximum Gasteiger partial charge on any atom is 0.242 e. The van der Waals surface area contributed by atoms with Gasteiger partial charge in [0.05, 0.1) is 5.75 Å². The van der Waals surface area contributed by atoms with Crippen molar-refractivity contribution in [2.24, 2.45) is 0 Å². The molecule has 2 rings (SSSR count). The van der Waals surface area contributed by atoms with Crippen molar-refractivity contribution in [3.8, 4) is 0 Å². The molecule has 1 atom stereocenters. The molecule has 0 unspecified atom stereocenters. The van der Waals surface area contributed by atoms with Crippen LogP contribution in [0.3, 0.4) is 0 Å². The third-order valence-electron chi connectivity index (χ3n) is 4.17. The smallest absolute Gasteiger partial charge is 0.242 e. The van der Waals surface area contributed by atoms with Crippen LogP contribution in [0.5, 0.6) is 0 Å². The summed E-state index contributed by atoms with van der Waals surface area (Å²) in [6.45, 7) is 4.56. The average Bonchev–Trinajstić information content (AvgIpc) is 2.67. The summed E-state index contributed by atoms with van der Waals surface area (Å²) < 4.78 is 0.975. The molecule has 28 heavy (non-hydrogen) atoms. The maximum atomic E-state index is 12.9. The molecule has 0 aliphatic rings. The summed E-state index contributed by atoms with van der Waals surface area (Å²) in [5.41, 5.74) is 2.05. The number of halogens is 2. The van der Waals surface area contributed by atoms with Crippen LogP contribution in [0.4, 0.5) is 0 Å². The highest BCUT2D eigenvalue weighted by molar-refractivity contribution is 9.10. The van der Waals surface area contributed by atoms with Crippen molar-refractivity contribution < 1.29 is 9.59 Å². The molecule has 7 heteroatoms. The predicted octanol–water partition coefficient (Wildman–Crippen LogP) is 4.89. The Morgan fingerprint density at radius 2 is 1.89 bits per heavy atom. The molecule has 0 heterocycles. The van der Waals surface area contributed by atoms with Crippen LogP contribution in [0.1, 0.15) is 25.0 Å². The summed E-state index contributed by atoms with van der Waals surface area (Å²) >= 11 is 10.9. The van der Waals surface area contributed by atoms with Gasteiger partial charge in [0.15, 0.2) is 0 Å². The average molecular weight is 484 g/mol. The molecule has 2 aromatic rings. The Morgan fingerprint density at radius 1 is 1.18 bits per heavy atom. The first-order chi connectivity index (χ1) is 13.4. The molecular formula is C21H24BrClN2O2S. The second-order valence-electron chi connectivity index (χ2n) is 6.34. The summed E-state index contributed by atoms with van der Waals surface area (Å²) in [5, 5.41) is 3.49. The van der Waals surface area contributed by atoms with Crippen LogP contribution < -0.4 is 5.32 Å². The topological polar surface area (TPSA) is 49.4 Å². The van der Waals surface area contributed by atoms with Gasteiger partial charge in [0.25, 0.3) is 0 Å². The Bertz CT molecular complexity index is 801. The molecule has 0 aliphatic heterocycles. The number of nitrogens with one attached hydrogen (secondary N) is 1. The predicted molar refractivity (Wildman–Crippen MR) is 120 cm³/mol. The molecule has 0 saturated heterocycles. The summed E-state index contributed by atoms with van der Waals surface area (Å²) in [4.78, 5) is 26.9. The van der Waals surface area contributed by atoms with Gasteiger partial charge in [-0.1, -0.05) is 51.8 Å². The van der Waals surface area contributed by atoms with Crippen molar-refractivity contribution >= 4 is 51.1 Å². The van der Waals surface area contributed by atoms with E-state index in [0.29, 0.717) is 29.6 Å². The van der Waals surface area contributed by atoms with Gasteiger partial charge in [-0.2, -0.15) is 0 Å². The number of hydrogen-bond donors (Lipinski definition) is 1. The lowest BCUT2D eigenvalue weighted by Crippen LogP contribution is -2.48. The molecule has 0 aromatic heterocycles. The van der Waals surface area contributed by atoms with E-state index in [4.69, 9.17) is 11.6 Å². The zero-order valence-electron chi connectivity index (χ0n) is 16.0. The van der Waals surface area contributed by atoms with Crippen LogP contribution in [0.25, 0.3) is 0 Å². The molecule has 0 aliphatic carbocycles. The van der Waals surface area contributed by atoms with Gasteiger partial charge in [0.2, 0.25) is 11.8 Å². The maximum absolute atomic E-state index is 12.9. The van der Waals surface area contributed by atoms with Crippen LogP contribution in [-0.2, 0) is 21.9 Å². The molecule has 2 amide bonds. The number of hydrogen-bond acceptors (Lipinski definition) is 3. The largest absolute Gasteiger partial charge is 0.355 e. The highest BCUT2D eigenvalue weighted by atomic mass is 79.9. The number of carbonyl (C=O) groups excluding carboxylic acids is 2. The Hall–Kier alpha value is -1.50. The zero-order chi connectivity index (χ0) is 20.5. The fourth-order valence-electron chi connectivity index (χ4n) is 2.66. The number of amides is 2. The minimum Gasteiger partial charge on any atom is -0.355 e. The molecule has 0 bridgehead atoms. The number of likely N-dealkylation sites (N-methyl/N-ethyl adjacent to an activating group) is 1. The molecule has 4 nitrogen and oxygen atoms in total. The minimum atomic E-state index is -0.539. The van der Waals surface area contributed by atoms with E-state index in [1.807, 2.05) is 55.5 Å². The summed E-state index contributed by atoms with van der Waals surface area (Å²) in [6.07, 6.45) is 0.